The topological polar surface area (TPSA) is 54.5 Å². The quantitative estimate of drug-likeness (QED) is 0.780. The number of halogens is 1. The van der Waals surface area contributed by atoms with Crippen molar-refractivity contribution in [1.82, 2.24) is 4.90 Å². The standard InChI is InChI=1S/C13H16BrNO3S/c14-12-3-1-2-11(10-12)13(16)4-5-15-6-8-19(17,18)9-7-15/h1-3,10H,4-9H2. The molecule has 6 heteroatoms. The molecule has 4 nitrogen and oxygen atoms in total. The highest BCUT2D eigenvalue weighted by Crippen LogP contribution is 2.13. The van der Waals surface area contributed by atoms with Gasteiger partial charge in [-0.1, -0.05) is 28.1 Å². The van der Waals surface area contributed by atoms with Gasteiger partial charge in [-0.2, -0.15) is 0 Å². The van der Waals surface area contributed by atoms with E-state index in [1.807, 2.05) is 23.1 Å². The van der Waals surface area contributed by atoms with Gasteiger partial charge in [-0.05, 0) is 12.1 Å². The molecule has 1 aliphatic heterocycles. The molecule has 19 heavy (non-hydrogen) atoms. The van der Waals surface area contributed by atoms with E-state index >= 15 is 0 Å². The van der Waals surface area contributed by atoms with Crippen molar-refractivity contribution in [3.05, 3.63) is 34.3 Å². The number of hydrogen-bond donors (Lipinski definition) is 0. The van der Waals surface area contributed by atoms with Crippen molar-refractivity contribution in [1.29, 1.82) is 0 Å². The summed E-state index contributed by atoms with van der Waals surface area (Å²) in [6.07, 6.45) is 0.427. The van der Waals surface area contributed by atoms with E-state index in [9.17, 15) is 13.2 Å². The molecule has 1 fully saturated rings. The molecule has 1 heterocycles. The summed E-state index contributed by atoms with van der Waals surface area (Å²) >= 11 is 3.34. The van der Waals surface area contributed by atoms with Crippen LogP contribution in [-0.2, 0) is 9.84 Å². The molecular weight excluding hydrogens is 330 g/mol. The molecule has 0 aromatic heterocycles. The number of carbonyl (C=O) groups is 1. The maximum Gasteiger partial charge on any atom is 0.164 e. The third-order valence-electron chi connectivity index (χ3n) is 3.24. The highest BCUT2D eigenvalue weighted by atomic mass is 79.9. The molecule has 1 aromatic carbocycles. The summed E-state index contributed by atoms with van der Waals surface area (Å²) in [5.41, 5.74) is 0.694. The van der Waals surface area contributed by atoms with Gasteiger partial charge in [0.25, 0.3) is 0 Å². The van der Waals surface area contributed by atoms with Gasteiger partial charge in [-0.15, -0.1) is 0 Å². The van der Waals surface area contributed by atoms with Gasteiger partial charge in [0.05, 0.1) is 11.5 Å². The molecule has 0 N–H and O–H groups in total. The number of rotatable bonds is 4. The lowest BCUT2D eigenvalue weighted by Gasteiger charge is -2.26. The average Bonchev–Trinajstić information content (AvgIpc) is 2.37. The van der Waals surface area contributed by atoms with Gasteiger partial charge >= 0.3 is 0 Å². The molecule has 0 radical (unpaired) electrons. The van der Waals surface area contributed by atoms with Crippen LogP contribution in [0, 0.1) is 0 Å². The van der Waals surface area contributed by atoms with Crippen LogP contribution in [-0.4, -0.2) is 50.2 Å². The number of benzene rings is 1. The number of sulfone groups is 1. The number of ketones is 1. The summed E-state index contributed by atoms with van der Waals surface area (Å²) < 4.78 is 23.5. The van der Waals surface area contributed by atoms with E-state index in [0.717, 1.165) is 4.47 Å². The second-order valence-electron chi connectivity index (χ2n) is 4.68. The fourth-order valence-corrected chi connectivity index (χ4v) is 3.72. The third kappa shape index (κ3) is 4.40. The van der Waals surface area contributed by atoms with Gasteiger partial charge in [0.1, 0.15) is 0 Å². The van der Waals surface area contributed by atoms with E-state index in [4.69, 9.17) is 0 Å². The summed E-state index contributed by atoms with van der Waals surface area (Å²) in [5.74, 6) is 0.505. The molecule has 0 bridgehead atoms. The van der Waals surface area contributed by atoms with Crippen LogP contribution in [0.4, 0.5) is 0 Å². The molecule has 0 spiro atoms. The minimum Gasteiger partial charge on any atom is -0.301 e. The lowest BCUT2D eigenvalue weighted by molar-refractivity contribution is 0.0966. The van der Waals surface area contributed by atoms with Crippen LogP contribution in [0.15, 0.2) is 28.7 Å². The van der Waals surface area contributed by atoms with Crippen molar-refractivity contribution in [3.8, 4) is 0 Å². The molecule has 1 saturated heterocycles. The molecule has 2 rings (SSSR count). The van der Waals surface area contributed by atoms with Gasteiger partial charge in [0, 0.05) is 36.1 Å². The van der Waals surface area contributed by atoms with Crippen molar-refractivity contribution >= 4 is 31.6 Å². The maximum atomic E-state index is 12.0. The molecule has 104 valence electrons. The molecule has 0 unspecified atom stereocenters. The van der Waals surface area contributed by atoms with Crippen LogP contribution in [0.5, 0.6) is 0 Å². The lowest BCUT2D eigenvalue weighted by atomic mass is 10.1. The maximum absolute atomic E-state index is 12.0. The normalized spacial score (nSPS) is 19.2. The Labute approximate surface area is 121 Å². The molecule has 1 aromatic rings. The zero-order chi connectivity index (χ0) is 13.9. The Morgan fingerprint density at radius 3 is 2.58 bits per heavy atom. The molecular formula is C13H16BrNO3S. The van der Waals surface area contributed by atoms with Gasteiger partial charge in [0.15, 0.2) is 15.6 Å². The van der Waals surface area contributed by atoms with Crippen molar-refractivity contribution in [2.45, 2.75) is 6.42 Å². The Morgan fingerprint density at radius 2 is 1.95 bits per heavy atom. The van der Waals surface area contributed by atoms with E-state index in [2.05, 4.69) is 15.9 Å². The van der Waals surface area contributed by atoms with E-state index in [1.54, 1.807) is 6.07 Å². The predicted molar refractivity (Wildman–Crippen MR) is 78.2 cm³/mol. The number of hydrogen-bond acceptors (Lipinski definition) is 4. The van der Waals surface area contributed by atoms with Gasteiger partial charge < -0.3 is 4.90 Å². The summed E-state index contributed by atoms with van der Waals surface area (Å²) in [4.78, 5) is 14.0. The number of carbonyl (C=O) groups excluding carboxylic acids is 1. The van der Waals surface area contributed by atoms with E-state index in [0.29, 0.717) is 31.6 Å². The largest absolute Gasteiger partial charge is 0.301 e. The Morgan fingerprint density at radius 1 is 1.26 bits per heavy atom. The first-order valence-electron chi connectivity index (χ1n) is 6.18. The Hall–Kier alpha value is -0.720. The second kappa shape index (κ2) is 6.15. The second-order valence-corrected chi connectivity index (χ2v) is 7.90. The monoisotopic (exact) mass is 345 g/mol. The highest BCUT2D eigenvalue weighted by molar-refractivity contribution is 9.10. The molecule has 0 atom stereocenters. The SMILES string of the molecule is O=C(CCN1CCS(=O)(=O)CC1)c1cccc(Br)c1. The molecule has 1 aliphatic rings. The average molecular weight is 346 g/mol. The highest BCUT2D eigenvalue weighted by Gasteiger charge is 2.21. The van der Waals surface area contributed by atoms with Crippen molar-refractivity contribution < 1.29 is 13.2 Å². The van der Waals surface area contributed by atoms with Gasteiger partial charge in [-0.3, -0.25) is 4.79 Å². The van der Waals surface area contributed by atoms with Crippen molar-refractivity contribution in [2.24, 2.45) is 0 Å². The first-order valence-corrected chi connectivity index (χ1v) is 8.79. The predicted octanol–water partition coefficient (Wildman–Crippen LogP) is 1.75. The van der Waals surface area contributed by atoms with E-state index in [1.165, 1.54) is 0 Å². The summed E-state index contributed by atoms with van der Waals surface area (Å²) in [6.45, 7) is 1.70. The van der Waals surface area contributed by atoms with Gasteiger partial charge in [-0.25, -0.2) is 8.42 Å². The van der Waals surface area contributed by atoms with Crippen LogP contribution >= 0.6 is 15.9 Å². The molecule has 0 aliphatic carbocycles. The van der Waals surface area contributed by atoms with Gasteiger partial charge in [0.2, 0.25) is 0 Å². The lowest BCUT2D eigenvalue weighted by Crippen LogP contribution is -2.41. The molecule has 0 saturated carbocycles. The van der Waals surface area contributed by atoms with E-state index in [-0.39, 0.29) is 17.3 Å². The van der Waals surface area contributed by atoms with Crippen LogP contribution in [0.25, 0.3) is 0 Å². The number of Topliss-reactive ketones (excluding diaryl/α,β-unsaturated/α-hetero) is 1. The summed E-state index contributed by atoms with van der Waals surface area (Å²) in [7, 11) is -2.84. The fourth-order valence-electron chi connectivity index (χ4n) is 2.04. The summed E-state index contributed by atoms with van der Waals surface area (Å²) in [5, 5.41) is 0. The smallest absolute Gasteiger partial charge is 0.164 e. The zero-order valence-electron chi connectivity index (χ0n) is 10.5. The summed E-state index contributed by atoms with van der Waals surface area (Å²) in [6, 6.07) is 7.33. The number of nitrogens with zero attached hydrogens (tertiary/aromatic N) is 1. The van der Waals surface area contributed by atoms with E-state index < -0.39 is 9.84 Å². The molecule has 0 amide bonds. The minimum atomic E-state index is -2.84. The van der Waals surface area contributed by atoms with Crippen molar-refractivity contribution in [3.63, 3.8) is 0 Å². The minimum absolute atomic E-state index is 0.0923. The van der Waals surface area contributed by atoms with Crippen LogP contribution < -0.4 is 0 Å². The Kier molecular flexibility index (Phi) is 4.76. The first kappa shape index (κ1) is 14.7. The third-order valence-corrected chi connectivity index (χ3v) is 5.34. The Balaban J connectivity index is 1.85. The zero-order valence-corrected chi connectivity index (χ0v) is 12.9. The fraction of sp³-hybridized carbons (Fsp3) is 0.462. The van der Waals surface area contributed by atoms with Crippen LogP contribution in [0.3, 0.4) is 0 Å². The first-order chi connectivity index (χ1) is 8.96. The van der Waals surface area contributed by atoms with Crippen LogP contribution in [0.1, 0.15) is 16.8 Å². The van der Waals surface area contributed by atoms with Crippen molar-refractivity contribution in [2.75, 3.05) is 31.1 Å². The van der Waals surface area contributed by atoms with Crippen LogP contribution in [0.2, 0.25) is 0 Å². The Bertz CT molecular complexity index is 557.